The Morgan fingerprint density at radius 2 is 2.00 bits per heavy atom. The summed E-state index contributed by atoms with van der Waals surface area (Å²) < 4.78 is 51.1. The van der Waals surface area contributed by atoms with E-state index < -0.39 is 24.3 Å². The number of anilines is 2. The van der Waals surface area contributed by atoms with Crippen LogP contribution in [0, 0.1) is 12.3 Å². The lowest BCUT2D eigenvalue weighted by atomic mass is 9.71. The third-order valence-electron chi connectivity index (χ3n) is 8.45. The smallest absolute Gasteiger partial charge is 0.429 e. The van der Waals surface area contributed by atoms with E-state index >= 15 is 0 Å². The number of nitrogen functional groups attached to an aromatic ring is 1. The van der Waals surface area contributed by atoms with E-state index in [0.29, 0.717) is 49.4 Å². The van der Waals surface area contributed by atoms with Crippen LogP contribution in [0.3, 0.4) is 0 Å². The van der Waals surface area contributed by atoms with Crippen molar-refractivity contribution in [2.24, 2.45) is 5.41 Å². The number of nitrogens with one attached hydrogen (secondary N) is 1. The number of piperidine rings is 1. The average Bonchev–Trinajstić information content (AvgIpc) is 3.55. The van der Waals surface area contributed by atoms with Gasteiger partial charge >= 0.3 is 12.1 Å². The molecule has 43 heavy (non-hydrogen) atoms. The summed E-state index contributed by atoms with van der Waals surface area (Å²) in [5.41, 5.74) is 7.13. The van der Waals surface area contributed by atoms with Crippen LogP contribution in [-0.4, -0.2) is 62.2 Å². The molecule has 0 radical (unpaired) electrons. The molecule has 3 aromatic rings. The number of aromatic nitrogens is 4. The quantitative estimate of drug-likeness (QED) is 0.324. The molecule has 13 heteroatoms. The highest BCUT2D eigenvalue weighted by Gasteiger charge is 2.50. The summed E-state index contributed by atoms with van der Waals surface area (Å²) in [7, 11) is 0. The van der Waals surface area contributed by atoms with Crippen molar-refractivity contribution in [2.45, 2.75) is 70.8 Å². The Kier molecular flexibility index (Phi) is 8.37. The Morgan fingerprint density at radius 3 is 2.60 bits per heavy atom. The number of carbonyl (C=O) groups is 1. The summed E-state index contributed by atoms with van der Waals surface area (Å²) in [4.78, 5) is 21.9. The Labute approximate surface area is 247 Å². The third-order valence-corrected chi connectivity index (χ3v) is 8.45. The lowest BCUT2D eigenvalue weighted by Crippen LogP contribution is -2.46. The molecule has 1 aromatic carbocycles. The van der Waals surface area contributed by atoms with Crippen molar-refractivity contribution in [3.05, 3.63) is 59.4 Å². The Hall–Kier alpha value is -4.13. The fourth-order valence-corrected chi connectivity index (χ4v) is 6.39. The largest absolute Gasteiger partial charge is 0.480 e. The van der Waals surface area contributed by atoms with Gasteiger partial charge in [-0.2, -0.15) is 28.2 Å². The number of allylic oxidation sites excluding steroid dienone is 1. The molecule has 3 atom stereocenters. The topological polar surface area (TPSA) is 131 Å². The Bertz CT molecular complexity index is 1500. The number of aryl methyl sites for hydroxylation is 1. The monoisotopic (exact) mass is 599 g/mol. The van der Waals surface area contributed by atoms with Crippen molar-refractivity contribution >= 4 is 23.8 Å². The second-order valence-electron chi connectivity index (χ2n) is 11.3. The second-order valence-corrected chi connectivity index (χ2v) is 11.3. The summed E-state index contributed by atoms with van der Waals surface area (Å²) >= 11 is 0. The van der Waals surface area contributed by atoms with E-state index in [-0.39, 0.29) is 34.5 Å². The normalized spacial score (nSPS) is 21.0. The number of nitrogens with two attached hydrogens (primary N) is 1. The molecule has 4 heterocycles. The van der Waals surface area contributed by atoms with Gasteiger partial charge in [-0.05, 0) is 68.7 Å². The summed E-state index contributed by atoms with van der Waals surface area (Å²) in [5, 5.41) is 17.1. The van der Waals surface area contributed by atoms with E-state index in [9.17, 15) is 23.1 Å². The van der Waals surface area contributed by atoms with Gasteiger partial charge < -0.3 is 25.8 Å². The maximum Gasteiger partial charge on any atom is 0.429 e. The van der Waals surface area contributed by atoms with Crippen LogP contribution in [0.5, 0.6) is 5.88 Å². The molecule has 0 saturated carbocycles. The molecule has 2 fully saturated rings. The zero-order chi connectivity index (χ0) is 30.9. The van der Waals surface area contributed by atoms with Gasteiger partial charge in [-0.3, -0.25) is 4.79 Å². The Morgan fingerprint density at radius 1 is 1.26 bits per heavy atom. The van der Waals surface area contributed by atoms with Crippen LogP contribution in [0.25, 0.3) is 11.8 Å². The van der Waals surface area contributed by atoms with Crippen LogP contribution < -0.4 is 20.7 Å². The predicted molar refractivity (Wildman–Crippen MR) is 156 cm³/mol. The highest BCUT2D eigenvalue weighted by molar-refractivity contribution is 5.74. The number of halogens is 3. The predicted octanol–water partition coefficient (Wildman–Crippen LogP) is 5.08. The molecule has 2 saturated heterocycles. The number of nitrogens with zero attached hydrogens (tertiary/aromatic N) is 5. The van der Waals surface area contributed by atoms with Gasteiger partial charge in [0.1, 0.15) is 11.9 Å². The highest BCUT2D eigenvalue weighted by atomic mass is 19.4. The van der Waals surface area contributed by atoms with Crippen molar-refractivity contribution in [3.8, 4) is 11.6 Å². The van der Waals surface area contributed by atoms with E-state index in [1.807, 2.05) is 11.8 Å². The zero-order valence-electron chi connectivity index (χ0n) is 24.3. The molecule has 2 aliphatic heterocycles. The van der Waals surface area contributed by atoms with E-state index in [1.165, 1.54) is 16.8 Å². The van der Waals surface area contributed by atoms with Crippen LogP contribution in [-0.2, 0) is 4.79 Å². The van der Waals surface area contributed by atoms with Gasteiger partial charge in [0, 0.05) is 37.0 Å². The van der Waals surface area contributed by atoms with E-state index in [2.05, 4.69) is 20.4 Å². The van der Waals surface area contributed by atoms with Crippen LogP contribution in [0.4, 0.5) is 24.9 Å². The molecule has 1 spiro atoms. The maximum absolute atomic E-state index is 14.7. The number of ether oxygens (including phenoxy) is 1. The average molecular weight is 600 g/mol. The molecule has 2 aliphatic rings. The van der Waals surface area contributed by atoms with Crippen molar-refractivity contribution < 1.29 is 27.8 Å². The van der Waals surface area contributed by atoms with Crippen molar-refractivity contribution in [1.82, 2.24) is 25.1 Å². The molecule has 2 unspecified atom stereocenters. The number of hydrogen-bond acceptors (Lipinski definition) is 8. The van der Waals surface area contributed by atoms with E-state index in [0.717, 1.165) is 6.42 Å². The number of rotatable bonds is 8. The fraction of sp³-hybridized carbons (Fsp3) is 0.467. The molecule has 4 N–H and O–H groups in total. The maximum atomic E-state index is 14.7. The first kappa shape index (κ1) is 30.3. The number of alkyl halides is 3. The molecule has 0 amide bonds. The first-order chi connectivity index (χ1) is 20.4. The minimum Gasteiger partial charge on any atom is -0.480 e. The number of benzene rings is 1. The third kappa shape index (κ3) is 6.31. The molecular weight excluding hydrogens is 563 g/mol. The minimum atomic E-state index is -4.80. The lowest BCUT2D eigenvalue weighted by molar-refractivity contribution is -0.198. The second kappa shape index (κ2) is 11.9. The van der Waals surface area contributed by atoms with Gasteiger partial charge in [0.25, 0.3) is 0 Å². The van der Waals surface area contributed by atoms with Crippen molar-refractivity contribution in [3.63, 3.8) is 0 Å². The van der Waals surface area contributed by atoms with E-state index in [1.54, 1.807) is 50.4 Å². The van der Waals surface area contributed by atoms with Crippen LogP contribution in [0.2, 0.25) is 0 Å². The van der Waals surface area contributed by atoms with E-state index in [4.69, 9.17) is 10.5 Å². The van der Waals surface area contributed by atoms with Gasteiger partial charge in [0.05, 0.1) is 11.4 Å². The highest BCUT2D eigenvalue weighted by Crippen LogP contribution is 2.46. The van der Waals surface area contributed by atoms with Gasteiger partial charge in [-0.15, -0.1) is 0 Å². The summed E-state index contributed by atoms with van der Waals surface area (Å²) in [6.45, 7) is 6.65. The summed E-state index contributed by atoms with van der Waals surface area (Å²) in [5.74, 6) is -1.01. The SMILES string of the molecule is C/C=C/c1ccc(-n2ccc(C)n2)c([C@@H](Oc2cc(N3CCC4(CC3)CC(C(=O)O)NC4CC)nc(N)n2)C(F)(F)F)c1. The first-order valence-corrected chi connectivity index (χ1v) is 14.3. The Balaban J connectivity index is 1.43. The summed E-state index contributed by atoms with van der Waals surface area (Å²) in [6, 6.07) is 7.30. The first-order valence-electron chi connectivity index (χ1n) is 14.3. The molecule has 0 bridgehead atoms. The standard InChI is InChI=1S/C30H36F3N7O3/c1-4-6-19-7-8-22(40-12-9-18(3)38-40)20(15-19)26(30(31,32)33)43-25-16-24(36-28(34)37-25)39-13-10-29(11-14-39)17-21(27(41)42)35-23(29)5-2/h4,6-9,12,15-16,21,23,26,35H,5,10-11,13-14,17H2,1-3H3,(H,41,42)(H2,34,36,37)/b6-4+/t21?,23?,26-/m1/s1. The zero-order valence-corrected chi connectivity index (χ0v) is 24.3. The van der Waals surface area contributed by atoms with Gasteiger partial charge in [-0.1, -0.05) is 25.1 Å². The van der Waals surface area contributed by atoms with Gasteiger partial charge in [-0.25, -0.2) is 4.68 Å². The number of hydrogen-bond donors (Lipinski definition) is 3. The summed E-state index contributed by atoms with van der Waals surface area (Å²) in [6.07, 6.45) is 0.634. The fourth-order valence-electron chi connectivity index (χ4n) is 6.39. The van der Waals surface area contributed by atoms with Crippen LogP contribution >= 0.6 is 0 Å². The van der Waals surface area contributed by atoms with Gasteiger partial charge in [0.2, 0.25) is 17.9 Å². The molecular formula is C30H36F3N7O3. The van der Waals surface area contributed by atoms with Crippen LogP contribution in [0.1, 0.15) is 62.5 Å². The molecule has 2 aromatic heterocycles. The number of carboxylic acid groups (broad SMARTS) is 1. The molecule has 5 rings (SSSR count). The molecule has 0 aliphatic carbocycles. The van der Waals surface area contributed by atoms with Crippen LogP contribution in [0.15, 0.2) is 42.6 Å². The molecule has 230 valence electrons. The number of aliphatic carboxylic acids is 1. The molecule has 10 nitrogen and oxygen atoms in total. The lowest BCUT2D eigenvalue weighted by Gasteiger charge is -2.43. The minimum absolute atomic E-state index is 0.0729. The van der Waals surface area contributed by atoms with Crippen molar-refractivity contribution in [2.75, 3.05) is 23.7 Å². The van der Waals surface area contributed by atoms with Crippen molar-refractivity contribution in [1.29, 1.82) is 0 Å². The van der Waals surface area contributed by atoms with Gasteiger partial charge in [0.15, 0.2) is 0 Å². The number of carboxylic acids is 1.